The summed E-state index contributed by atoms with van der Waals surface area (Å²) >= 11 is 0. The van der Waals surface area contributed by atoms with E-state index >= 15 is 0 Å². The molecule has 1 aromatic rings. The van der Waals surface area contributed by atoms with Crippen LogP contribution in [0.2, 0.25) is 0 Å². The van der Waals surface area contributed by atoms with Gasteiger partial charge < -0.3 is 19.9 Å². The molecule has 0 aromatic heterocycles. The van der Waals surface area contributed by atoms with Gasteiger partial charge in [-0.2, -0.15) is 0 Å². The van der Waals surface area contributed by atoms with Crippen molar-refractivity contribution in [1.82, 2.24) is 5.32 Å². The van der Waals surface area contributed by atoms with Crippen molar-refractivity contribution in [2.45, 2.75) is 45.3 Å². The van der Waals surface area contributed by atoms with E-state index in [1.54, 1.807) is 0 Å². The highest BCUT2D eigenvalue weighted by Crippen LogP contribution is 2.33. The standard InChI is InChI=1S/C16H25NO3/c1-3-8-17-13(4-2)16(18)12-6-7-14-15(11-12)20-10-5-9-19-14/h6-7,11,13,16-18H,3-5,8-10H2,1-2H3. The minimum absolute atomic E-state index is 0.0692. The fourth-order valence-corrected chi connectivity index (χ4v) is 2.41. The van der Waals surface area contributed by atoms with Crippen molar-refractivity contribution in [3.8, 4) is 11.5 Å². The molecule has 1 aliphatic heterocycles. The number of fused-ring (bicyclic) bond motifs is 1. The lowest BCUT2D eigenvalue weighted by Crippen LogP contribution is -2.34. The van der Waals surface area contributed by atoms with Crippen LogP contribution in [0.5, 0.6) is 11.5 Å². The predicted octanol–water partition coefficient (Wildman–Crippen LogP) is 2.66. The Labute approximate surface area is 121 Å². The number of aliphatic hydroxyl groups is 1. The zero-order valence-electron chi connectivity index (χ0n) is 12.4. The van der Waals surface area contributed by atoms with Gasteiger partial charge in [0.2, 0.25) is 0 Å². The van der Waals surface area contributed by atoms with Crippen LogP contribution in [-0.2, 0) is 0 Å². The smallest absolute Gasteiger partial charge is 0.161 e. The second-order valence-electron chi connectivity index (χ2n) is 5.17. The number of rotatable bonds is 6. The van der Waals surface area contributed by atoms with Crippen molar-refractivity contribution < 1.29 is 14.6 Å². The Kier molecular flexibility index (Phi) is 5.68. The molecule has 0 spiro atoms. The zero-order valence-corrected chi connectivity index (χ0v) is 12.4. The molecule has 20 heavy (non-hydrogen) atoms. The maximum Gasteiger partial charge on any atom is 0.161 e. The van der Waals surface area contributed by atoms with E-state index in [-0.39, 0.29) is 6.04 Å². The first-order valence-corrected chi connectivity index (χ1v) is 7.57. The molecule has 0 saturated carbocycles. The number of hydrogen-bond donors (Lipinski definition) is 2. The molecule has 0 fully saturated rings. The maximum absolute atomic E-state index is 10.5. The quantitative estimate of drug-likeness (QED) is 0.840. The van der Waals surface area contributed by atoms with Gasteiger partial charge in [-0.05, 0) is 37.1 Å². The van der Waals surface area contributed by atoms with Crippen molar-refractivity contribution in [3.05, 3.63) is 23.8 Å². The Hall–Kier alpha value is -1.26. The highest BCUT2D eigenvalue weighted by molar-refractivity contribution is 5.44. The molecule has 0 aliphatic carbocycles. The van der Waals surface area contributed by atoms with Gasteiger partial charge in [-0.1, -0.05) is 19.9 Å². The summed E-state index contributed by atoms with van der Waals surface area (Å²) in [6, 6.07) is 5.79. The Balaban J connectivity index is 2.12. The topological polar surface area (TPSA) is 50.7 Å². The molecule has 0 radical (unpaired) electrons. The summed E-state index contributed by atoms with van der Waals surface area (Å²) < 4.78 is 11.3. The second kappa shape index (κ2) is 7.50. The molecule has 2 N–H and O–H groups in total. The summed E-state index contributed by atoms with van der Waals surface area (Å²) in [4.78, 5) is 0. The molecule has 2 unspecified atom stereocenters. The van der Waals surface area contributed by atoms with Crippen LogP contribution < -0.4 is 14.8 Å². The maximum atomic E-state index is 10.5. The number of nitrogens with one attached hydrogen (secondary N) is 1. The first-order chi connectivity index (χ1) is 9.76. The van der Waals surface area contributed by atoms with Crippen LogP contribution in [0, 0.1) is 0 Å². The molecule has 1 heterocycles. The first-order valence-electron chi connectivity index (χ1n) is 7.57. The Morgan fingerprint density at radius 2 is 1.95 bits per heavy atom. The van der Waals surface area contributed by atoms with Crippen molar-refractivity contribution in [1.29, 1.82) is 0 Å². The van der Waals surface area contributed by atoms with Gasteiger partial charge in [-0.15, -0.1) is 0 Å². The predicted molar refractivity (Wildman–Crippen MR) is 79.4 cm³/mol. The molecular formula is C16H25NO3. The molecule has 4 heteroatoms. The molecule has 0 bridgehead atoms. The summed E-state index contributed by atoms with van der Waals surface area (Å²) in [6.07, 6.45) is 2.31. The van der Waals surface area contributed by atoms with E-state index in [9.17, 15) is 5.11 Å². The van der Waals surface area contributed by atoms with Crippen LogP contribution in [0.3, 0.4) is 0 Å². The lowest BCUT2D eigenvalue weighted by molar-refractivity contribution is 0.126. The van der Waals surface area contributed by atoms with Crippen molar-refractivity contribution in [2.75, 3.05) is 19.8 Å². The number of benzene rings is 1. The van der Waals surface area contributed by atoms with E-state index < -0.39 is 6.10 Å². The van der Waals surface area contributed by atoms with Gasteiger partial charge in [0.1, 0.15) is 0 Å². The molecule has 2 rings (SSSR count). The van der Waals surface area contributed by atoms with Crippen LogP contribution in [-0.4, -0.2) is 30.9 Å². The molecular weight excluding hydrogens is 254 g/mol. The largest absolute Gasteiger partial charge is 0.490 e. The molecule has 1 aliphatic rings. The second-order valence-corrected chi connectivity index (χ2v) is 5.17. The third kappa shape index (κ3) is 3.64. The monoisotopic (exact) mass is 279 g/mol. The molecule has 4 nitrogen and oxygen atoms in total. The average Bonchev–Trinajstić information content (AvgIpc) is 2.72. The first kappa shape index (κ1) is 15.1. The van der Waals surface area contributed by atoms with Crippen LogP contribution >= 0.6 is 0 Å². The SMILES string of the molecule is CCCNC(CC)C(O)c1ccc2c(c1)OCCCO2. The molecule has 2 atom stereocenters. The van der Waals surface area contributed by atoms with Gasteiger partial charge in [0.05, 0.1) is 19.3 Å². The van der Waals surface area contributed by atoms with E-state index in [1.807, 2.05) is 18.2 Å². The van der Waals surface area contributed by atoms with Gasteiger partial charge in [0, 0.05) is 12.5 Å². The van der Waals surface area contributed by atoms with Gasteiger partial charge in [-0.3, -0.25) is 0 Å². The van der Waals surface area contributed by atoms with E-state index in [4.69, 9.17) is 9.47 Å². The number of hydrogen-bond acceptors (Lipinski definition) is 4. The molecule has 0 amide bonds. The highest BCUT2D eigenvalue weighted by atomic mass is 16.5. The van der Waals surface area contributed by atoms with E-state index in [1.165, 1.54) is 0 Å². The molecule has 1 aromatic carbocycles. The summed E-state index contributed by atoms with van der Waals surface area (Å²) in [6.45, 7) is 6.47. The van der Waals surface area contributed by atoms with E-state index in [2.05, 4.69) is 19.2 Å². The van der Waals surface area contributed by atoms with Gasteiger partial charge in [0.25, 0.3) is 0 Å². The fourth-order valence-electron chi connectivity index (χ4n) is 2.41. The average molecular weight is 279 g/mol. The van der Waals surface area contributed by atoms with Gasteiger partial charge in [-0.25, -0.2) is 0 Å². The third-order valence-corrected chi connectivity index (χ3v) is 3.59. The number of aliphatic hydroxyl groups excluding tert-OH is 1. The van der Waals surface area contributed by atoms with E-state index in [0.717, 1.165) is 42.9 Å². The lowest BCUT2D eigenvalue weighted by atomic mass is 9.99. The van der Waals surface area contributed by atoms with Gasteiger partial charge in [0.15, 0.2) is 11.5 Å². The summed E-state index contributed by atoms with van der Waals surface area (Å²) in [5, 5.41) is 13.9. The summed E-state index contributed by atoms with van der Waals surface area (Å²) in [7, 11) is 0. The highest BCUT2D eigenvalue weighted by Gasteiger charge is 2.20. The van der Waals surface area contributed by atoms with Crippen LogP contribution in [0.1, 0.15) is 44.8 Å². The minimum atomic E-state index is -0.524. The minimum Gasteiger partial charge on any atom is -0.490 e. The lowest BCUT2D eigenvalue weighted by Gasteiger charge is -2.23. The third-order valence-electron chi connectivity index (χ3n) is 3.59. The zero-order chi connectivity index (χ0) is 14.4. The van der Waals surface area contributed by atoms with Crippen molar-refractivity contribution in [2.24, 2.45) is 0 Å². The number of ether oxygens (including phenoxy) is 2. The Morgan fingerprint density at radius 3 is 2.65 bits per heavy atom. The Morgan fingerprint density at radius 1 is 1.20 bits per heavy atom. The van der Waals surface area contributed by atoms with E-state index in [0.29, 0.717) is 13.2 Å². The summed E-state index contributed by atoms with van der Waals surface area (Å²) in [5.41, 5.74) is 0.879. The molecule has 0 saturated heterocycles. The molecule has 112 valence electrons. The van der Waals surface area contributed by atoms with Crippen molar-refractivity contribution in [3.63, 3.8) is 0 Å². The fraction of sp³-hybridized carbons (Fsp3) is 0.625. The van der Waals surface area contributed by atoms with Crippen LogP contribution in [0.15, 0.2) is 18.2 Å². The van der Waals surface area contributed by atoms with Gasteiger partial charge >= 0.3 is 0 Å². The van der Waals surface area contributed by atoms with Crippen molar-refractivity contribution >= 4 is 0 Å². The van der Waals surface area contributed by atoms with Crippen LogP contribution in [0.4, 0.5) is 0 Å². The normalized spacial score (nSPS) is 17.4. The van der Waals surface area contributed by atoms with Crippen LogP contribution in [0.25, 0.3) is 0 Å². The summed E-state index contributed by atoms with van der Waals surface area (Å²) in [5.74, 6) is 1.51. The Bertz CT molecular complexity index is 422.